The van der Waals surface area contributed by atoms with Crippen LogP contribution in [0.4, 0.5) is 13.2 Å². The van der Waals surface area contributed by atoms with Gasteiger partial charge in [0.15, 0.2) is 5.69 Å². The summed E-state index contributed by atoms with van der Waals surface area (Å²) in [6, 6.07) is 2.53. The lowest BCUT2D eigenvalue weighted by atomic mass is 10.1. The van der Waals surface area contributed by atoms with Crippen LogP contribution in [0.25, 0.3) is 0 Å². The quantitative estimate of drug-likeness (QED) is 0.851. The van der Waals surface area contributed by atoms with E-state index >= 15 is 0 Å². The number of nitrogens with zero attached hydrogens (tertiary/aromatic N) is 4. The number of likely N-dealkylation sites (tertiary alicyclic amines) is 1. The maximum atomic E-state index is 12.6. The van der Waals surface area contributed by atoms with Crippen molar-refractivity contribution in [1.82, 2.24) is 19.1 Å². The largest absolute Gasteiger partial charge is 0.435 e. The van der Waals surface area contributed by atoms with Gasteiger partial charge in [-0.05, 0) is 36.5 Å². The van der Waals surface area contributed by atoms with Crippen molar-refractivity contribution in [2.45, 2.75) is 25.1 Å². The summed E-state index contributed by atoms with van der Waals surface area (Å²) >= 11 is 1.22. The highest BCUT2D eigenvalue weighted by atomic mass is 32.1. The van der Waals surface area contributed by atoms with Gasteiger partial charge in [-0.25, -0.2) is 0 Å². The molecule has 1 amide bonds. The van der Waals surface area contributed by atoms with Gasteiger partial charge < -0.3 is 4.90 Å². The van der Waals surface area contributed by atoms with Crippen LogP contribution in [-0.2, 0) is 6.18 Å². The summed E-state index contributed by atoms with van der Waals surface area (Å²) in [5.41, 5.74) is -0.463. The second-order valence-electron chi connectivity index (χ2n) is 5.09. The Morgan fingerprint density at radius 1 is 1.27 bits per heavy atom. The fraction of sp³-hybridized carbons (Fsp3) is 0.462. The van der Waals surface area contributed by atoms with Crippen LogP contribution in [0.15, 0.2) is 23.7 Å². The molecule has 0 atom stereocenters. The zero-order valence-electron chi connectivity index (χ0n) is 11.5. The van der Waals surface area contributed by atoms with Crippen LogP contribution in [0.3, 0.4) is 0 Å². The predicted molar refractivity (Wildman–Crippen MR) is 73.5 cm³/mol. The van der Waals surface area contributed by atoms with Gasteiger partial charge in [0.2, 0.25) is 0 Å². The van der Waals surface area contributed by atoms with Crippen molar-refractivity contribution in [1.29, 1.82) is 0 Å². The fourth-order valence-electron chi connectivity index (χ4n) is 2.51. The summed E-state index contributed by atoms with van der Waals surface area (Å²) in [5, 5.41) is 5.34. The Morgan fingerprint density at radius 3 is 2.55 bits per heavy atom. The molecule has 1 aliphatic rings. The minimum Gasteiger partial charge on any atom is -0.337 e. The standard InChI is InChI=1S/C13H13F3N4OS/c14-13(15,16)11-3-7-20(17-11)9-1-5-19(6-2-9)12(21)10-4-8-22-18-10/h3-4,7-9H,1-2,5-6H2. The average molecular weight is 330 g/mol. The van der Waals surface area contributed by atoms with E-state index in [-0.39, 0.29) is 11.9 Å². The lowest BCUT2D eigenvalue weighted by molar-refractivity contribution is -0.141. The zero-order chi connectivity index (χ0) is 15.7. The van der Waals surface area contributed by atoms with Crippen molar-refractivity contribution < 1.29 is 18.0 Å². The van der Waals surface area contributed by atoms with E-state index in [4.69, 9.17) is 0 Å². The molecule has 3 rings (SSSR count). The van der Waals surface area contributed by atoms with Crippen molar-refractivity contribution in [3.05, 3.63) is 35.1 Å². The van der Waals surface area contributed by atoms with Gasteiger partial charge in [-0.15, -0.1) is 0 Å². The van der Waals surface area contributed by atoms with E-state index in [1.54, 1.807) is 16.3 Å². The summed E-state index contributed by atoms with van der Waals surface area (Å²) in [7, 11) is 0. The van der Waals surface area contributed by atoms with E-state index < -0.39 is 11.9 Å². The molecule has 1 fully saturated rings. The SMILES string of the molecule is O=C(c1ccsn1)N1CCC(n2ccc(C(F)(F)F)n2)CC1. The lowest BCUT2D eigenvalue weighted by Gasteiger charge is -2.31. The molecule has 5 nitrogen and oxygen atoms in total. The molecule has 0 aliphatic carbocycles. The van der Waals surface area contributed by atoms with Crippen LogP contribution < -0.4 is 0 Å². The van der Waals surface area contributed by atoms with E-state index in [2.05, 4.69) is 9.47 Å². The molecule has 0 unspecified atom stereocenters. The van der Waals surface area contributed by atoms with Gasteiger partial charge in [-0.2, -0.15) is 22.6 Å². The van der Waals surface area contributed by atoms with Gasteiger partial charge in [0.1, 0.15) is 5.69 Å². The molecule has 0 N–H and O–H groups in total. The Balaban J connectivity index is 1.62. The van der Waals surface area contributed by atoms with E-state index in [0.29, 0.717) is 31.6 Å². The van der Waals surface area contributed by atoms with Crippen LogP contribution in [0, 0.1) is 0 Å². The van der Waals surface area contributed by atoms with E-state index in [1.165, 1.54) is 22.4 Å². The number of hydrogen-bond acceptors (Lipinski definition) is 4. The Kier molecular flexibility index (Phi) is 3.90. The number of aromatic nitrogens is 3. The molecule has 118 valence electrons. The first-order valence-electron chi connectivity index (χ1n) is 6.77. The smallest absolute Gasteiger partial charge is 0.337 e. The van der Waals surface area contributed by atoms with Gasteiger partial charge in [0.05, 0.1) is 6.04 Å². The van der Waals surface area contributed by atoms with Crippen molar-refractivity contribution in [2.24, 2.45) is 0 Å². The molecule has 0 spiro atoms. The molecular weight excluding hydrogens is 317 g/mol. The van der Waals surface area contributed by atoms with Crippen molar-refractivity contribution in [3.63, 3.8) is 0 Å². The van der Waals surface area contributed by atoms with Crippen LogP contribution in [0.5, 0.6) is 0 Å². The normalized spacial score (nSPS) is 17.0. The first-order valence-corrected chi connectivity index (χ1v) is 7.61. The maximum Gasteiger partial charge on any atom is 0.435 e. The summed E-state index contributed by atoms with van der Waals surface area (Å²) in [4.78, 5) is 13.8. The molecule has 1 aliphatic heterocycles. The number of carbonyl (C=O) groups excluding carboxylic acids is 1. The molecule has 0 radical (unpaired) electrons. The van der Waals surface area contributed by atoms with Gasteiger partial charge in [-0.1, -0.05) is 0 Å². The minimum atomic E-state index is -4.42. The number of amides is 1. The molecule has 22 heavy (non-hydrogen) atoms. The zero-order valence-corrected chi connectivity index (χ0v) is 12.3. The molecular formula is C13H13F3N4OS. The highest BCUT2D eigenvalue weighted by Gasteiger charge is 2.34. The van der Waals surface area contributed by atoms with Crippen LogP contribution >= 0.6 is 11.5 Å². The minimum absolute atomic E-state index is 0.115. The summed E-state index contributed by atoms with van der Waals surface area (Å²) < 4.78 is 43.0. The number of piperidine rings is 1. The third-order valence-electron chi connectivity index (χ3n) is 3.68. The lowest BCUT2D eigenvalue weighted by Crippen LogP contribution is -2.39. The van der Waals surface area contributed by atoms with E-state index in [9.17, 15) is 18.0 Å². The van der Waals surface area contributed by atoms with E-state index in [0.717, 1.165) is 6.07 Å². The monoisotopic (exact) mass is 330 g/mol. The third-order valence-corrected chi connectivity index (χ3v) is 4.24. The summed E-state index contributed by atoms with van der Waals surface area (Å²) in [5.74, 6) is -0.129. The van der Waals surface area contributed by atoms with Crippen molar-refractivity contribution in [3.8, 4) is 0 Å². The van der Waals surface area contributed by atoms with Gasteiger partial charge in [0, 0.05) is 24.7 Å². The maximum absolute atomic E-state index is 12.6. The molecule has 3 heterocycles. The van der Waals surface area contributed by atoms with Crippen LogP contribution in [0.1, 0.15) is 35.1 Å². The fourth-order valence-corrected chi connectivity index (χ4v) is 3.01. The predicted octanol–water partition coefficient (Wildman–Crippen LogP) is 2.84. The van der Waals surface area contributed by atoms with Gasteiger partial charge in [-0.3, -0.25) is 9.48 Å². The number of halogens is 3. The highest BCUT2D eigenvalue weighted by Crippen LogP contribution is 2.29. The Bertz CT molecular complexity index is 645. The topological polar surface area (TPSA) is 51.0 Å². The average Bonchev–Trinajstić information content (AvgIpc) is 3.17. The Labute approximate surface area is 128 Å². The molecule has 9 heteroatoms. The first kappa shape index (κ1) is 15.0. The summed E-state index contributed by atoms with van der Waals surface area (Å²) in [6.07, 6.45) is -1.92. The molecule has 0 saturated carbocycles. The Morgan fingerprint density at radius 2 is 2.00 bits per heavy atom. The Hall–Kier alpha value is -1.90. The first-order chi connectivity index (χ1) is 10.4. The number of hydrogen-bond donors (Lipinski definition) is 0. The van der Waals surface area contributed by atoms with Crippen LogP contribution in [-0.4, -0.2) is 38.1 Å². The number of rotatable bonds is 2. The molecule has 0 aromatic carbocycles. The van der Waals surface area contributed by atoms with Crippen molar-refractivity contribution in [2.75, 3.05) is 13.1 Å². The van der Waals surface area contributed by atoms with Crippen molar-refractivity contribution >= 4 is 17.4 Å². The second kappa shape index (κ2) is 5.71. The molecule has 2 aromatic rings. The van der Waals surface area contributed by atoms with Crippen LogP contribution in [0.2, 0.25) is 0 Å². The number of alkyl halides is 3. The van der Waals surface area contributed by atoms with Gasteiger partial charge in [0.25, 0.3) is 5.91 Å². The summed E-state index contributed by atoms with van der Waals surface area (Å²) in [6.45, 7) is 0.977. The molecule has 2 aromatic heterocycles. The van der Waals surface area contributed by atoms with E-state index in [1.807, 2.05) is 0 Å². The number of carbonyl (C=O) groups is 1. The molecule has 0 bridgehead atoms. The molecule has 1 saturated heterocycles. The third kappa shape index (κ3) is 2.99. The second-order valence-corrected chi connectivity index (χ2v) is 5.75. The van der Waals surface area contributed by atoms with Gasteiger partial charge >= 0.3 is 6.18 Å². The highest BCUT2D eigenvalue weighted by molar-refractivity contribution is 7.03.